The molecule has 0 aliphatic rings. The van der Waals surface area contributed by atoms with E-state index < -0.39 is 11.9 Å². The minimum Gasteiger partial charge on any atom is -0.377 e. The Morgan fingerprint density at radius 1 is 1.56 bits per heavy atom. The number of aromatic nitrogens is 2. The summed E-state index contributed by atoms with van der Waals surface area (Å²) in [7, 11) is 1.51. The second-order valence-electron chi connectivity index (χ2n) is 3.44. The van der Waals surface area contributed by atoms with E-state index in [1.54, 1.807) is 0 Å². The standard InChI is InChI=1S/C11H10FN3O3/c1-17-6-8-4-9(15-18-8)11(16)14-7-2-3-10(12)13-5-7/h2-5H,6H2,1H3,(H,14,16). The molecule has 2 aromatic rings. The van der Waals surface area contributed by atoms with Crippen LogP contribution < -0.4 is 5.32 Å². The number of hydrogen-bond acceptors (Lipinski definition) is 5. The molecule has 0 spiro atoms. The first-order valence-corrected chi connectivity index (χ1v) is 5.06. The van der Waals surface area contributed by atoms with Crippen molar-refractivity contribution < 1.29 is 18.4 Å². The van der Waals surface area contributed by atoms with Crippen LogP contribution in [0.3, 0.4) is 0 Å². The normalized spacial score (nSPS) is 10.3. The van der Waals surface area contributed by atoms with E-state index in [1.165, 1.54) is 25.4 Å². The summed E-state index contributed by atoms with van der Waals surface area (Å²) >= 11 is 0. The summed E-state index contributed by atoms with van der Waals surface area (Å²) in [4.78, 5) is 15.1. The molecule has 0 radical (unpaired) electrons. The lowest BCUT2D eigenvalue weighted by Crippen LogP contribution is -2.12. The summed E-state index contributed by atoms with van der Waals surface area (Å²) in [5.74, 6) is -0.633. The third-order valence-electron chi connectivity index (χ3n) is 2.06. The minimum atomic E-state index is -0.614. The Hall–Kier alpha value is -2.28. The molecule has 94 valence electrons. The largest absolute Gasteiger partial charge is 0.377 e. The number of pyridine rings is 1. The van der Waals surface area contributed by atoms with Gasteiger partial charge in [0.1, 0.15) is 6.61 Å². The Balaban J connectivity index is 2.04. The Morgan fingerprint density at radius 2 is 2.39 bits per heavy atom. The lowest BCUT2D eigenvalue weighted by Gasteiger charge is -2.00. The molecule has 7 heteroatoms. The van der Waals surface area contributed by atoms with E-state index >= 15 is 0 Å². The van der Waals surface area contributed by atoms with Crippen molar-refractivity contribution in [3.63, 3.8) is 0 Å². The number of anilines is 1. The fourth-order valence-corrected chi connectivity index (χ4v) is 1.28. The van der Waals surface area contributed by atoms with Gasteiger partial charge in [-0.1, -0.05) is 5.16 Å². The van der Waals surface area contributed by atoms with E-state index in [2.05, 4.69) is 15.5 Å². The SMILES string of the molecule is COCc1cc(C(=O)Nc2ccc(F)nc2)no1. The van der Waals surface area contributed by atoms with Crippen molar-refractivity contribution in [2.45, 2.75) is 6.61 Å². The average molecular weight is 251 g/mol. The molecule has 0 atom stereocenters. The van der Waals surface area contributed by atoms with Crippen molar-refractivity contribution in [1.29, 1.82) is 0 Å². The van der Waals surface area contributed by atoms with Crippen molar-refractivity contribution >= 4 is 11.6 Å². The molecule has 0 fully saturated rings. The zero-order chi connectivity index (χ0) is 13.0. The van der Waals surface area contributed by atoms with Gasteiger partial charge in [-0.05, 0) is 12.1 Å². The maximum Gasteiger partial charge on any atom is 0.277 e. The molecule has 2 aromatic heterocycles. The van der Waals surface area contributed by atoms with Crippen LogP contribution in [-0.2, 0) is 11.3 Å². The third-order valence-corrected chi connectivity index (χ3v) is 2.06. The Morgan fingerprint density at radius 3 is 3.06 bits per heavy atom. The van der Waals surface area contributed by atoms with Crippen LogP contribution in [0, 0.1) is 5.95 Å². The first-order valence-electron chi connectivity index (χ1n) is 5.06. The highest BCUT2D eigenvalue weighted by molar-refractivity contribution is 6.02. The smallest absolute Gasteiger partial charge is 0.277 e. The van der Waals surface area contributed by atoms with Gasteiger partial charge >= 0.3 is 0 Å². The fraction of sp³-hybridized carbons (Fsp3) is 0.182. The van der Waals surface area contributed by atoms with Gasteiger partial charge in [0.05, 0.1) is 11.9 Å². The maximum atomic E-state index is 12.6. The quantitative estimate of drug-likeness (QED) is 0.835. The van der Waals surface area contributed by atoms with Gasteiger partial charge in [-0.3, -0.25) is 4.79 Å². The number of ether oxygens (including phenoxy) is 1. The highest BCUT2D eigenvalue weighted by Crippen LogP contribution is 2.09. The van der Waals surface area contributed by atoms with E-state index in [9.17, 15) is 9.18 Å². The van der Waals surface area contributed by atoms with Gasteiger partial charge in [0.25, 0.3) is 5.91 Å². The van der Waals surface area contributed by atoms with E-state index in [1.807, 2.05) is 0 Å². The number of carbonyl (C=O) groups excluding carboxylic acids is 1. The molecule has 18 heavy (non-hydrogen) atoms. The molecule has 0 bridgehead atoms. The number of nitrogens with one attached hydrogen (secondary N) is 1. The first kappa shape index (κ1) is 12.2. The molecule has 0 aromatic carbocycles. The number of carbonyl (C=O) groups is 1. The second-order valence-corrected chi connectivity index (χ2v) is 3.44. The molecule has 2 rings (SSSR count). The zero-order valence-electron chi connectivity index (χ0n) is 9.51. The lowest BCUT2D eigenvalue weighted by atomic mass is 10.3. The lowest BCUT2D eigenvalue weighted by molar-refractivity contribution is 0.101. The van der Waals surface area contributed by atoms with Crippen molar-refractivity contribution in [2.75, 3.05) is 12.4 Å². The van der Waals surface area contributed by atoms with Crippen LogP contribution in [0.15, 0.2) is 28.9 Å². The highest BCUT2D eigenvalue weighted by Gasteiger charge is 2.12. The number of amides is 1. The van der Waals surface area contributed by atoms with Crippen LogP contribution in [0.5, 0.6) is 0 Å². The molecule has 0 aliphatic heterocycles. The summed E-state index contributed by atoms with van der Waals surface area (Å²) in [6.45, 7) is 0.235. The Bertz CT molecular complexity index is 539. The van der Waals surface area contributed by atoms with Crippen LogP contribution in [-0.4, -0.2) is 23.2 Å². The molecule has 0 unspecified atom stereocenters. The van der Waals surface area contributed by atoms with E-state index in [4.69, 9.17) is 9.26 Å². The van der Waals surface area contributed by atoms with Gasteiger partial charge in [-0.15, -0.1) is 0 Å². The van der Waals surface area contributed by atoms with Crippen LogP contribution in [0.25, 0.3) is 0 Å². The first-order chi connectivity index (χ1) is 8.69. The van der Waals surface area contributed by atoms with Crippen molar-refractivity contribution in [1.82, 2.24) is 10.1 Å². The van der Waals surface area contributed by atoms with Crippen molar-refractivity contribution in [3.8, 4) is 0 Å². The van der Waals surface area contributed by atoms with Crippen LogP contribution >= 0.6 is 0 Å². The highest BCUT2D eigenvalue weighted by atomic mass is 19.1. The summed E-state index contributed by atoms with van der Waals surface area (Å²) in [5, 5.41) is 6.10. The maximum absolute atomic E-state index is 12.6. The van der Waals surface area contributed by atoms with Gasteiger partial charge in [-0.25, -0.2) is 4.98 Å². The predicted molar refractivity (Wildman–Crippen MR) is 59.4 cm³/mol. The second kappa shape index (κ2) is 5.37. The molecular weight excluding hydrogens is 241 g/mol. The predicted octanol–water partition coefficient (Wildman–Crippen LogP) is 1.61. The van der Waals surface area contributed by atoms with Crippen LogP contribution in [0.2, 0.25) is 0 Å². The molecule has 0 saturated heterocycles. The number of halogens is 1. The van der Waals surface area contributed by atoms with Gasteiger partial charge in [-0.2, -0.15) is 4.39 Å². The minimum absolute atomic E-state index is 0.117. The Labute approximate surface area is 102 Å². The summed E-state index contributed by atoms with van der Waals surface area (Å²) in [5.41, 5.74) is 0.490. The molecule has 2 heterocycles. The molecule has 0 saturated carbocycles. The topological polar surface area (TPSA) is 77.2 Å². The Kier molecular flexibility index (Phi) is 3.63. The van der Waals surface area contributed by atoms with Gasteiger partial charge in [0, 0.05) is 13.2 Å². The van der Waals surface area contributed by atoms with Crippen LogP contribution in [0.4, 0.5) is 10.1 Å². The van der Waals surface area contributed by atoms with E-state index in [0.29, 0.717) is 11.4 Å². The number of nitrogens with zero attached hydrogens (tertiary/aromatic N) is 2. The molecule has 1 N–H and O–H groups in total. The molecule has 6 nitrogen and oxygen atoms in total. The molecule has 0 aliphatic carbocycles. The summed E-state index contributed by atoms with van der Waals surface area (Å²) in [6.07, 6.45) is 1.21. The van der Waals surface area contributed by atoms with Crippen molar-refractivity contribution in [2.24, 2.45) is 0 Å². The number of methoxy groups -OCH3 is 1. The average Bonchev–Trinajstić information content (AvgIpc) is 2.81. The fourth-order valence-electron chi connectivity index (χ4n) is 1.28. The zero-order valence-corrected chi connectivity index (χ0v) is 9.51. The van der Waals surface area contributed by atoms with Gasteiger partial charge in [0.15, 0.2) is 11.5 Å². The van der Waals surface area contributed by atoms with Gasteiger partial charge in [0.2, 0.25) is 5.95 Å². The monoisotopic (exact) mass is 251 g/mol. The van der Waals surface area contributed by atoms with Crippen molar-refractivity contribution in [3.05, 3.63) is 41.8 Å². The van der Waals surface area contributed by atoms with Crippen LogP contribution in [0.1, 0.15) is 16.2 Å². The van der Waals surface area contributed by atoms with Gasteiger partial charge < -0.3 is 14.6 Å². The summed E-state index contributed by atoms with van der Waals surface area (Å²) < 4.78 is 22.3. The summed E-state index contributed by atoms with van der Waals surface area (Å²) in [6, 6.07) is 4.01. The van der Waals surface area contributed by atoms with E-state index in [0.717, 1.165) is 6.07 Å². The number of rotatable bonds is 4. The molecular formula is C11H10FN3O3. The molecule has 1 amide bonds. The van der Waals surface area contributed by atoms with E-state index in [-0.39, 0.29) is 12.3 Å². The number of hydrogen-bond donors (Lipinski definition) is 1. The third kappa shape index (κ3) is 2.89.